The summed E-state index contributed by atoms with van der Waals surface area (Å²) in [6.07, 6.45) is 1.08. The van der Waals surface area contributed by atoms with Crippen LogP contribution in [0.4, 0.5) is 0 Å². The maximum Gasteiger partial charge on any atom is 0.107 e. The molecule has 0 aliphatic rings. The number of nitrogens with zero attached hydrogens (tertiary/aromatic N) is 1. The third-order valence-corrected chi connectivity index (χ3v) is 3.57. The largest absolute Gasteiger partial charge is 0.375 e. The highest BCUT2D eigenvalue weighted by molar-refractivity contribution is 7.09. The molecule has 1 aromatic heterocycles. The number of aromatic nitrogens is 1. The van der Waals surface area contributed by atoms with E-state index in [-0.39, 0.29) is 0 Å². The second-order valence-corrected chi connectivity index (χ2v) is 7.56. The fourth-order valence-electron chi connectivity index (χ4n) is 1.52. The Morgan fingerprint density at radius 1 is 1.37 bits per heavy atom. The predicted octanol–water partition coefficient (Wildman–Crippen LogP) is 3.84. The maximum atomic E-state index is 5.68. The van der Waals surface area contributed by atoms with E-state index in [2.05, 4.69) is 50.3 Å². The van der Waals surface area contributed by atoms with Crippen LogP contribution in [-0.4, -0.2) is 18.1 Å². The van der Waals surface area contributed by atoms with Gasteiger partial charge in [0.25, 0.3) is 0 Å². The Kier molecular flexibility index (Phi) is 6.97. The number of nitrogens with one attached hydrogen (secondary N) is 1. The van der Waals surface area contributed by atoms with E-state index in [4.69, 9.17) is 4.74 Å². The highest BCUT2D eigenvalue weighted by atomic mass is 32.1. The molecule has 1 N–H and O–H groups in total. The van der Waals surface area contributed by atoms with Crippen LogP contribution < -0.4 is 5.32 Å². The van der Waals surface area contributed by atoms with Crippen LogP contribution in [0.1, 0.15) is 51.7 Å². The van der Waals surface area contributed by atoms with Crippen LogP contribution in [0.15, 0.2) is 5.38 Å². The van der Waals surface area contributed by atoms with E-state index >= 15 is 0 Å². The van der Waals surface area contributed by atoms with Gasteiger partial charge in [0.1, 0.15) is 5.01 Å². The Hall–Kier alpha value is -0.450. The molecular weight excluding hydrogens is 256 g/mol. The zero-order valence-electron chi connectivity index (χ0n) is 13.0. The Bertz CT molecular complexity index is 355. The van der Waals surface area contributed by atoms with Gasteiger partial charge >= 0.3 is 0 Å². The van der Waals surface area contributed by atoms with Gasteiger partial charge in [-0.1, -0.05) is 34.6 Å². The van der Waals surface area contributed by atoms with Crippen molar-refractivity contribution in [1.82, 2.24) is 10.3 Å². The van der Waals surface area contributed by atoms with Crippen LogP contribution in [0.2, 0.25) is 0 Å². The van der Waals surface area contributed by atoms with Crippen molar-refractivity contribution in [2.24, 2.45) is 11.3 Å². The summed E-state index contributed by atoms with van der Waals surface area (Å²) in [5.74, 6) is 0.681. The first-order valence-corrected chi connectivity index (χ1v) is 7.96. The zero-order valence-corrected chi connectivity index (χ0v) is 13.8. The molecule has 110 valence electrons. The summed E-state index contributed by atoms with van der Waals surface area (Å²) in [7, 11) is 0. The molecule has 3 nitrogen and oxygen atoms in total. The smallest absolute Gasteiger partial charge is 0.107 e. The molecule has 0 aromatic carbocycles. The number of thiazole rings is 1. The fraction of sp³-hybridized carbons (Fsp3) is 0.800. The molecule has 0 aliphatic heterocycles. The van der Waals surface area contributed by atoms with Crippen molar-refractivity contribution >= 4 is 11.3 Å². The average Bonchev–Trinajstić information content (AvgIpc) is 2.71. The molecule has 0 unspecified atom stereocenters. The molecule has 1 aromatic rings. The predicted molar refractivity (Wildman–Crippen MR) is 82.4 cm³/mol. The molecule has 0 fully saturated rings. The minimum Gasteiger partial charge on any atom is -0.375 e. The molecular formula is C15H28N2OS. The van der Waals surface area contributed by atoms with E-state index in [1.165, 1.54) is 0 Å². The molecule has 0 bridgehead atoms. The van der Waals surface area contributed by atoms with Crippen LogP contribution >= 0.6 is 11.3 Å². The van der Waals surface area contributed by atoms with Crippen LogP contribution in [0.5, 0.6) is 0 Å². The van der Waals surface area contributed by atoms with Crippen molar-refractivity contribution in [2.75, 3.05) is 13.2 Å². The summed E-state index contributed by atoms with van der Waals surface area (Å²) in [5.41, 5.74) is 1.40. The van der Waals surface area contributed by atoms with Crippen molar-refractivity contribution in [3.05, 3.63) is 16.1 Å². The lowest BCUT2D eigenvalue weighted by atomic mass is 9.93. The van der Waals surface area contributed by atoms with Gasteiger partial charge in [-0.25, -0.2) is 4.98 Å². The Morgan fingerprint density at radius 3 is 2.74 bits per heavy atom. The second-order valence-electron chi connectivity index (χ2n) is 6.62. The summed E-state index contributed by atoms with van der Waals surface area (Å²) in [6.45, 7) is 14.5. The summed E-state index contributed by atoms with van der Waals surface area (Å²) in [4.78, 5) is 4.57. The number of ether oxygens (including phenoxy) is 1. The molecule has 0 saturated heterocycles. The highest BCUT2D eigenvalue weighted by Gasteiger charge is 2.09. The SMILES string of the molecule is CC(C)CNCc1nc(COCCC(C)(C)C)cs1. The van der Waals surface area contributed by atoms with Crippen LogP contribution in [0.25, 0.3) is 0 Å². The quantitative estimate of drug-likeness (QED) is 0.736. The van der Waals surface area contributed by atoms with E-state index in [0.717, 1.165) is 36.8 Å². The fourth-order valence-corrected chi connectivity index (χ4v) is 2.27. The van der Waals surface area contributed by atoms with Gasteiger partial charge in [0, 0.05) is 18.5 Å². The summed E-state index contributed by atoms with van der Waals surface area (Å²) < 4.78 is 5.68. The van der Waals surface area contributed by atoms with E-state index in [1.54, 1.807) is 11.3 Å². The van der Waals surface area contributed by atoms with Gasteiger partial charge < -0.3 is 10.1 Å². The van der Waals surface area contributed by atoms with E-state index in [9.17, 15) is 0 Å². The first kappa shape index (κ1) is 16.6. The van der Waals surface area contributed by atoms with Gasteiger partial charge in [0.2, 0.25) is 0 Å². The van der Waals surface area contributed by atoms with Crippen molar-refractivity contribution in [1.29, 1.82) is 0 Å². The minimum atomic E-state index is 0.341. The zero-order chi connectivity index (χ0) is 14.3. The highest BCUT2D eigenvalue weighted by Crippen LogP contribution is 2.18. The summed E-state index contributed by atoms with van der Waals surface area (Å²) >= 11 is 1.71. The lowest BCUT2D eigenvalue weighted by molar-refractivity contribution is 0.0943. The number of hydrogen-bond donors (Lipinski definition) is 1. The van der Waals surface area contributed by atoms with Crippen LogP contribution in [-0.2, 0) is 17.9 Å². The van der Waals surface area contributed by atoms with Crippen molar-refractivity contribution in [2.45, 2.75) is 54.2 Å². The molecule has 0 amide bonds. The molecule has 4 heteroatoms. The average molecular weight is 284 g/mol. The van der Waals surface area contributed by atoms with Gasteiger partial charge in [-0.05, 0) is 24.3 Å². The standard InChI is InChI=1S/C15H28N2OS/c1-12(2)8-16-9-14-17-13(11-19-14)10-18-7-6-15(3,4)5/h11-12,16H,6-10H2,1-5H3. The van der Waals surface area contributed by atoms with E-state index in [1.807, 2.05) is 0 Å². The summed E-state index contributed by atoms with van der Waals surface area (Å²) in [6, 6.07) is 0. The molecule has 0 atom stereocenters. The van der Waals surface area contributed by atoms with Gasteiger partial charge in [0.15, 0.2) is 0 Å². The maximum absolute atomic E-state index is 5.68. The van der Waals surface area contributed by atoms with Crippen molar-refractivity contribution in [3.8, 4) is 0 Å². The third kappa shape index (κ3) is 8.35. The van der Waals surface area contributed by atoms with Gasteiger partial charge in [-0.15, -0.1) is 11.3 Å². The topological polar surface area (TPSA) is 34.2 Å². The van der Waals surface area contributed by atoms with Gasteiger partial charge in [-0.3, -0.25) is 0 Å². The lowest BCUT2D eigenvalue weighted by Crippen LogP contribution is -2.18. The van der Waals surface area contributed by atoms with Crippen LogP contribution in [0.3, 0.4) is 0 Å². The molecule has 0 radical (unpaired) electrons. The van der Waals surface area contributed by atoms with Gasteiger partial charge in [-0.2, -0.15) is 0 Å². The van der Waals surface area contributed by atoms with Crippen molar-refractivity contribution in [3.63, 3.8) is 0 Å². The monoisotopic (exact) mass is 284 g/mol. The molecule has 1 rings (SSSR count). The molecule has 1 heterocycles. The normalized spacial score (nSPS) is 12.3. The van der Waals surface area contributed by atoms with Crippen molar-refractivity contribution < 1.29 is 4.74 Å². The Morgan fingerprint density at radius 2 is 2.11 bits per heavy atom. The number of hydrogen-bond acceptors (Lipinski definition) is 4. The summed E-state index contributed by atoms with van der Waals surface area (Å²) in [5, 5.41) is 6.66. The minimum absolute atomic E-state index is 0.341. The lowest BCUT2D eigenvalue weighted by Gasteiger charge is -2.17. The molecule has 0 spiro atoms. The van der Waals surface area contributed by atoms with E-state index < -0.39 is 0 Å². The van der Waals surface area contributed by atoms with Crippen LogP contribution in [0, 0.1) is 11.3 Å². The number of rotatable bonds is 8. The Labute approximate surface area is 121 Å². The molecule has 0 saturated carbocycles. The first-order valence-electron chi connectivity index (χ1n) is 7.08. The molecule has 0 aliphatic carbocycles. The van der Waals surface area contributed by atoms with Gasteiger partial charge in [0.05, 0.1) is 12.3 Å². The first-order chi connectivity index (χ1) is 8.87. The van der Waals surface area contributed by atoms with E-state index in [0.29, 0.717) is 17.9 Å². The Balaban J connectivity index is 2.19. The third-order valence-electron chi connectivity index (χ3n) is 2.67. The molecule has 19 heavy (non-hydrogen) atoms. The second kappa shape index (κ2) is 7.98.